The van der Waals surface area contributed by atoms with Crippen LogP contribution in [0.2, 0.25) is 0 Å². The molecule has 0 unspecified atom stereocenters. The zero-order valence-electron chi connectivity index (χ0n) is 18.8. The highest BCUT2D eigenvalue weighted by molar-refractivity contribution is 8.02. The van der Waals surface area contributed by atoms with Gasteiger partial charge in [-0.1, -0.05) is 48.5 Å². The maximum Gasteiger partial charge on any atom is 0.244 e. The maximum absolute atomic E-state index is 14.3. The van der Waals surface area contributed by atoms with Crippen LogP contribution in [0.15, 0.2) is 77.7 Å². The van der Waals surface area contributed by atoms with Gasteiger partial charge in [-0.25, -0.2) is 17.2 Å². The summed E-state index contributed by atoms with van der Waals surface area (Å²) in [6.45, 7) is -0.206. The Bertz CT molecular complexity index is 1260. The van der Waals surface area contributed by atoms with Crippen LogP contribution in [0.4, 0.5) is 8.78 Å². The monoisotopic (exact) mass is 517 g/mol. The molecule has 3 aromatic rings. The standard InChI is InChI=1S/C26H25F2NO4S2/c27-22-7-4-8-23(28)25(22)20(13-15-30)17-24(31)26-29(14-16-34-26)35(32,33)21-11-9-19(10-12-21)18-5-2-1-3-6-18/h1-12,20,26,30H,13-17H2/t20-,26+/m1/s1. The number of aliphatic hydroxyl groups excluding tert-OH is 1. The smallest absolute Gasteiger partial charge is 0.244 e. The fraction of sp³-hybridized carbons (Fsp3) is 0.269. The van der Waals surface area contributed by atoms with Crippen molar-refractivity contribution in [3.8, 4) is 11.1 Å². The Balaban J connectivity index is 1.55. The van der Waals surface area contributed by atoms with Gasteiger partial charge >= 0.3 is 0 Å². The summed E-state index contributed by atoms with van der Waals surface area (Å²) in [6, 6.07) is 19.5. The van der Waals surface area contributed by atoms with Gasteiger partial charge in [0.1, 0.15) is 17.0 Å². The normalized spacial score (nSPS) is 17.4. The molecule has 1 aliphatic heterocycles. The Kier molecular flexibility index (Phi) is 8.01. The predicted molar refractivity (Wildman–Crippen MR) is 132 cm³/mol. The van der Waals surface area contributed by atoms with E-state index in [4.69, 9.17) is 0 Å². The molecule has 1 N–H and O–H groups in total. The molecule has 2 atom stereocenters. The maximum atomic E-state index is 14.3. The van der Waals surface area contributed by atoms with Crippen LogP contribution in [-0.2, 0) is 14.8 Å². The summed E-state index contributed by atoms with van der Waals surface area (Å²) in [5.74, 6) is -2.50. The average molecular weight is 518 g/mol. The minimum atomic E-state index is -3.97. The highest BCUT2D eigenvalue weighted by Crippen LogP contribution is 2.35. The molecule has 0 bridgehead atoms. The van der Waals surface area contributed by atoms with E-state index >= 15 is 0 Å². The molecular weight excluding hydrogens is 492 g/mol. The van der Waals surface area contributed by atoms with Crippen molar-refractivity contribution in [2.75, 3.05) is 18.9 Å². The predicted octanol–water partition coefficient (Wildman–Crippen LogP) is 4.82. The number of aliphatic hydroxyl groups is 1. The van der Waals surface area contributed by atoms with Crippen molar-refractivity contribution in [1.82, 2.24) is 4.31 Å². The first kappa shape index (κ1) is 25.5. The molecule has 4 rings (SSSR count). The Morgan fingerprint density at radius 2 is 1.60 bits per heavy atom. The molecule has 0 amide bonds. The van der Waals surface area contributed by atoms with E-state index < -0.39 is 38.7 Å². The highest BCUT2D eigenvalue weighted by Gasteiger charge is 2.40. The summed E-state index contributed by atoms with van der Waals surface area (Å²) in [6.07, 6.45) is -0.302. The van der Waals surface area contributed by atoms with Crippen LogP contribution in [0.5, 0.6) is 0 Å². The zero-order valence-corrected chi connectivity index (χ0v) is 20.4. The lowest BCUT2D eigenvalue weighted by atomic mass is 9.90. The number of hydrogen-bond acceptors (Lipinski definition) is 5. The third kappa shape index (κ3) is 5.48. The van der Waals surface area contributed by atoms with E-state index in [9.17, 15) is 27.1 Å². The van der Waals surface area contributed by atoms with Gasteiger partial charge < -0.3 is 5.11 Å². The molecule has 5 nitrogen and oxygen atoms in total. The second kappa shape index (κ2) is 11.0. The number of carbonyl (C=O) groups excluding carboxylic acids is 1. The van der Waals surface area contributed by atoms with Crippen molar-refractivity contribution in [3.05, 3.63) is 90.0 Å². The third-order valence-corrected chi connectivity index (χ3v) is 9.29. The van der Waals surface area contributed by atoms with Crippen LogP contribution in [0, 0.1) is 11.6 Å². The van der Waals surface area contributed by atoms with Crippen molar-refractivity contribution >= 4 is 27.6 Å². The molecule has 1 fully saturated rings. The number of halogens is 2. The first-order valence-corrected chi connectivity index (χ1v) is 13.7. The molecule has 0 radical (unpaired) electrons. The first-order valence-electron chi connectivity index (χ1n) is 11.2. The number of thioether (sulfide) groups is 1. The summed E-state index contributed by atoms with van der Waals surface area (Å²) in [4.78, 5) is 13.3. The van der Waals surface area contributed by atoms with Gasteiger partial charge in [-0.15, -0.1) is 11.8 Å². The minimum absolute atomic E-state index is 0.0192. The Morgan fingerprint density at radius 1 is 0.971 bits per heavy atom. The number of ketones is 1. The number of rotatable bonds is 9. The lowest BCUT2D eigenvalue weighted by molar-refractivity contribution is -0.120. The van der Waals surface area contributed by atoms with Crippen molar-refractivity contribution in [2.24, 2.45) is 0 Å². The van der Waals surface area contributed by atoms with Gasteiger partial charge in [0.25, 0.3) is 0 Å². The van der Waals surface area contributed by atoms with Crippen molar-refractivity contribution in [1.29, 1.82) is 0 Å². The van der Waals surface area contributed by atoms with Crippen molar-refractivity contribution in [2.45, 2.75) is 29.0 Å². The first-order chi connectivity index (χ1) is 16.8. The number of benzene rings is 3. The summed E-state index contributed by atoms with van der Waals surface area (Å²) in [5, 5.41) is 8.43. The van der Waals surface area contributed by atoms with E-state index in [1.165, 1.54) is 30.0 Å². The second-order valence-electron chi connectivity index (χ2n) is 8.24. The molecule has 1 heterocycles. The third-order valence-electron chi connectivity index (χ3n) is 6.03. The lowest BCUT2D eigenvalue weighted by Crippen LogP contribution is -2.40. The summed E-state index contributed by atoms with van der Waals surface area (Å²) in [5.41, 5.74) is 1.56. The summed E-state index contributed by atoms with van der Waals surface area (Å²) < 4.78 is 56.6. The van der Waals surface area contributed by atoms with Gasteiger partial charge in [-0.05, 0) is 47.7 Å². The number of carbonyl (C=O) groups is 1. The van der Waals surface area contributed by atoms with Crippen LogP contribution in [0.1, 0.15) is 24.3 Å². The molecule has 0 aliphatic carbocycles. The van der Waals surface area contributed by atoms with E-state index in [0.29, 0.717) is 5.75 Å². The van der Waals surface area contributed by atoms with Gasteiger partial charge in [-0.2, -0.15) is 4.31 Å². The number of sulfonamides is 1. The zero-order chi connectivity index (χ0) is 25.0. The molecule has 35 heavy (non-hydrogen) atoms. The summed E-state index contributed by atoms with van der Waals surface area (Å²) in [7, 11) is -3.97. The lowest BCUT2D eigenvalue weighted by Gasteiger charge is -2.24. The fourth-order valence-electron chi connectivity index (χ4n) is 4.29. The molecule has 1 aliphatic rings. The molecule has 184 valence electrons. The SMILES string of the molecule is O=C(C[C@@H](CCO)c1c(F)cccc1F)[C@@H]1SCCN1S(=O)(=O)c1ccc(-c2ccccc2)cc1. The average Bonchev–Trinajstić information content (AvgIpc) is 3.36. The largest absolute Gasteiger partial charge is 0.396 e. The molecule has 3 aromatic carbocycles. The molecule has 1 saturated heterocycles. The fourth-order valence-corrected chi connectivity index (χ4v) is 7.46. The van der Waals surface area contributed by atoms with Gasteiger partial charge in [0.2, 0.25) is 10.0 Å². The van der Waals surface area contributed by atoms with Crippen LogP contribution >= 0.6 is 11.8 Å². The molecule has 0 spiro atoms. The number of hydrogen-bond donors (Lipinski definition) is 1. The van der Waals surface area contributed by atoms with E-state index in [-0.39, 0.29) is 36.5 Å². The van der Waals surface area contributed by atoms with Crippen molar-refractivity contribution < 1.29 is 27.1 Å². The quantitative estimate of drug-likeness (QED) is 0.441. The van der Waals surface area contributed by atoms with Crippen LogP contribution in [0.25, 0.3) is 11.1 Å². The molecule has 9 heteroatoms. The van der Waals surface area contributed by atoms with Gasteiger partial charge in [0, 0.05) is 30.9 Å². The molecular formula is C26H25F2NO4S2. The Morgan fingerprint density at radius 3 is 2.23 bits per heavy atom. The van der Waals surface area contributed by atoms with Gasteiger partial charge in [-0.3, -0.25) is 4.79 Å². The molecule has 0 aromatic heterocycles. The number of nitrogens with zero attached hydrogens (tertiary/aromatic N) is 1. The van der Waals surface area contributed by atoms with E-state index in [2.05, 4.69) is 0 Å². The van der Waals surface area contributed by atoms with Crippen LogP contribution in [0.3, 0.4) is 0 Å². The van der Waals surface area contributed by atoms with E-state index in [1.807, 2.05) is 30.3 Å². The highest BCUT2D eigenvalue weighted by atomic mass is 32.2. The van der Waals surface area contributed by atoms with Gasteiger partial charge in [0.15, 0.2) is 5.78 Å². The second-order valence-corrected chi connectivity index (χ2v) is 11.3. The summed E-state index contributed by atoms with van der Waals surface area (Å²) >= 11 is 1.19. The van der Waals surface area contributed by atoms with E-state index in [0.717, 1.165) is 27.6 Å². The number of Topliss-reactive ketones (excluding diaryl/α,β-unsaturated/α-hetero) is 1. The molecule has 0 saturated carbocycles. The minimum Gasteiger partial charge on any atom is -0.396 e. The van der Waals surface area contributed by atoms with Crippen LogP contribution < -0.4 is 0 Å². The van der Waals surface area contributed by atoms with Gasteiger partial charge in [0.05, 0.1) is 4.90 Å². The van der Waals surface area contributed by atoms with E-state index in [1.54, 1.807) is 12.1 Å². The van der Waals surface area contributed by atoms with Crippen LogP contribution in [-0.4, -0.2) is 47.9 Å². The Hall–Kier alpha value is -2.59. The Labute approximate surface area is 207 Å². The van der Waals surface area contributed by atoms with Crippen molar-refractivity contribution in [3.63, 3.8) is 0 Å². The topological polar surface area (TPSA) is 74.7 Å².